The number of hydrogen-bond donors (Lipinski definition) is 0. The molecule has 0 N–H and O–H groups in total. The molecule has 4 nitrogen and oxygen atoms in total. The maximum atomic E-state index is 12.4. The van der Waals surface area contributed by atoms with Crippen LogP contribution < -0.4 is 0 Å². The Labute approximate surface area is 181 Å². The summed E-state index contributed by atoms with van der Waals surface area (Å²) in [5.74, 6) is -0.888. The third kappa shape index (κ3) is 12.5. The quantitative estimate of drug-likeness (QED) is 0.207. The lowest BCUT2D eigenvalue weighted by Gasteiger charge is -2.10. The van der Waals surface area contributed by atoms with E-state index < -0.39 is 11.9 Å². The summed E-state index contributed by atoms with van der Waals surface area (Å²) in [5, 5.41) is 0. The largest absolute Gasteiger partial charge is 0.462 e. The minimum Gasteiger partial charge on any atom is -0.462 e. The summed E-state index contributed by atoms with van der Waals surface area (Å²) in [6.07, 6.45) is 13.6. The van der Waals surface area contributed by atoms with Crippen LogP contribution in [0.2, 0.25) is 0 Å². The van der Waals surface area contributed by atoms with Gasteiger partial charge in [0.1, 0.15) is 0 Å². The molecule has 0 amide bonds. The van der Waals surface area contributed by atoms with Gasteiger partial charge < -0.3 is 9.47 Å². The summed E-state index contributed by atoms with van der Waals surface area (Å²) in [6.45, 7) is 5.17. The molecule has 0 saturated carbocycles. The van der Waals surface area contributed by atoms with Crippen LogP contribution in [0.25, 0.3) is 0 Å². The average Bonchev–Trinajstić information content (AvgIpc) is 2.72. The second-order valence-corrected chi connectivity index (χ2v) is 7.35. The zero-order chi connectivity index (χ0) is 20.5. The standard InChI is InChI=1S/C24H38O4.H4Si/c1-3-5-7-9-11-15-19-27-23(25)21-17-13-14-18-22(21)24(26)28-20-16-12-10-8-6-4-2;/h13-14,17-18H,3-12,15-16,19-20H2,1-2H3;1H4. The molecular formula is C24H42O4Si. The number of ether oxygens (including phenoxy) is 2. The second-order valence-electron chi connectivity index (χ2n) is 7.35. The number of rotatable bonds is 16. The Hall–Kier alpha value is -1.62. The number of carbonyl (C=O) groups excluding carboxylic acids is 2. The van der Waals surface area contributed by atoms with Gasteiger partial charge in [-0.3, -0.25) is 0 Å². The van der Waals surface area contributed by atoms with Crippen molar-refractivity contribution in [2.75, 3.05) is 13.2 Å². The van der Waals surface area contributed by atoms with E-state index in [-0.39, 0.29) is 11.0 Å². The van der Waals surface area contributed by atoms with Gasteiger partial charge in [-0.2, -0.15) is 0 Å². The van der Waals surface area contributed by atoms with E-state index >= 15 is 0 Å². The molecular weight excluding hydrogens is 380 g/mol. The molecule has 0 spiro atoms. The van der Waals surface area contributed by atoms with Gasteiger partial charge in [-0.1, -0.05) is 90.2 Å². The minimum absolute atomic E-state index is 0. The highest BCUT2D eigenvalue weighted by atomic mass is 28.1. The Morgan fingerprint density at radius 1 is 0.621 bits per heavy atom. The number of benzene rings is 1. The fraction of sp³-hybridized carbons (Fsp3) is 0.667. The summed E-state index contributed by atoms with van der Waals surface area (Å²) in [7, 11) is 0. The molecule has 1 aromatic rings. The van der Waals surface area contributed by atoms with Crippen molar-refractivity contribution < 1.29 is 19.1 Å². The predicted octanol–water partition coefficient (Wildman–Crippen LogP) is 5.27. The smallest absolute Gasteiger partial charge is 0.339 e. The molecule has 0 aliphatic heterocycles. The van der Waals surface area contributed by atoms with Crippen molar-refractivity contribution in [3.05, 3.63) is 35.4 Å². The zero-order valence-corrected chi connectivity index (χ0v) is 17.8. The van der Waals surface area contributed by atoms with E-state index in [0.717, 1.165) is 25.7 Å². The SMILES string of the molecule is CCCCCCCCOC(=O)c1ccccc1C(=O)OCCCCCCCC.[SiH4]. The van der Waals surface area contributed by atoms with Crippen LogP contribution in [-0.4, -0.2) is 36.1 Å². The maximum absolute atomic E-state index is 12.4. The molecule has 1 aromatic carbocycles. The van der Waals surface area contributed by atoms with Gasteiger partial charge in [0.2, 0.25) is 0 Å². The minimum atomic E-state index is -0.444. The summed E-state index contributed by atoms with van der Waals surface area (Å²) in [4.78, 5) is 24.7. The molecule has 0 fully saturated rings. The van der Waals surface area contributed by atoms with Gasteiger partial charge >= 0.3 is 11.9 Å². The summed E-state index contributed by atoms with van der Waals surface area (Å²) < 4.78 is 10.7. The van der Waals surface area contributed by atoms with Crippen molar-refractivity contribution in [3.8, 4) is 0 Å². The Bertz CT molecular complexity index is 511. The van der Waals surface area contributed by atoms with E-state index in [1.807, 2.05) is 0 Å². The van der Waals surface area contributed by atoms with Gasteiger partial charge in [0.15, 0.2) is 0 Å². The first-order valence-electron chi connectivity index (χ1n) is 11.1. The van der Waals surface area contributed by atoms with Gasteiger partial charge in [-0.05, 0) is 35.9 Å². The maximum Gasteiger partial charge on any atom is 0.339 e. The first-order chi connectivity index (χ1) is 13.7. The highest BCUT2D eigenvalue weighted by molar-refractivity contribution is 6.03. The number of carbonyl (C=O) groups is 2. The van der Waals surface area contributed by atoms with E-state index in [9.17, 15) is 9.59 Å². The fourth-order valence-corrected chi connectivity index (χ4v) is 3.09. The van der Waals surface area contributed by atoms with Gasteiger partial charge in [0.25, 0.3) is 0 Å². The van der Waals surface area contributed by atoms with Gasteiger partial charge in [-0.15, -0.1) is 0 Å². The topological polar surface area (TPSA) is 52.6 Å². The van der Waals surface area contributed by atoms with Gasteiger partial charge in [0.05, 0.1) is 24.3 Å². The van der Waals surface area contributed by atoms with E-state index in [2.05, 4.69) is 13.8 Å². The third-order valence-corrected chi connectivity index (χ3v) is 4.83. The predicted molar refractivity (Wildman–Crippen MR) is 125 cm³/mol. The Balaban J connectivity index is 0.00000784. The fourth-order valence-electron chi connectivity index (χ4n) is 3.09. The first kappa shape index (κ1) is 27.4. The van der Waals surface area contributed by atoms with Crippen molar-refractivity contribution in [1.29, 1.82) is 0 Å². The Kier molecular flexibility index (Phi) is 17.4. The van der Waals surface area contributed by atoms with E-state index in [0.29, 0.717) is 24.3 Å². The van der Waals surface area contributed by atoms with Crippen molar-refractivity contribution >= 4 is 22.9 Å². The highest BCUT2D eigenvalue weighted by Gasteiger charge is 2.18. The van der Waals surface area contributed by atoms with E-state index in [1.165, 1.54) is 51.4 Å². The van der Waals surface area contributed by atoms with Crippen LogP contribution in [0, 0.1) is 0 Å². The van der Waals surface area contributed by atoms with Crippen LogP contribution in [0.1, 0.15) is 112 Å². The zero-order valence-electron chi connectivity index (χ0n) is 17.8. The second kappa shape index (κ2) is 18.4. The van der Waals surface area contributed by atoms with Crippen LogP contribution in [-0.2, 0) is 9.47 Å². The number of unbranched alkanes of at least 4 members (excludes halogenated alkanes) is 10. The van der Waals surface area contributed by atoms with E-state index in [1.54, 1.807) is 24.3 Å². The Morgan fingerprint density at radius 3 is 1.34 bits per heavy atom. The summed E-state index contributed by atoms with van der Waals surface area (Å²) in [6, 6.07) is 6.74. The van der Waals surface area contributed by atoms with Crippen LogP contribution in [0.15, 0.2) is 24.3 Å². The van der Waals surface area contributed by atoms with Crippen molar-refractivity contribution in [2.45, 2.75) is 90.9 Å². The lowest BCUT2D eigenvalue weighted by Crippen LogP contribution is -2.15. The third-order valence-electron chi connectivity index (χ3n) is 4.83. The van der Waals surface area contributed by atoms with Crippen LogP contribution in [0.3, 0.4) is 0 Å². The molecule has 0 heterocycles. The molecule has 0 bridgehead atoms. The molecule has 166 valence electrons. The van der Waals surface area contributed by atoms with Crippen molar-refractivity contribution in [1.82, 2.24) is 0 Å². The monoisotopic (exact) mass is 422 g/mol. The molecule has 0 saturated heterocycles. The van der Waals surface area contributed by atoms with Crippen LogP contribution >= 0.6 is 0 Å². The molecule has 0 aromatic heterocycles. The summed E-state index contributed by atoms with van der Waals surface area (Å²) in [5.41, 5.74) is 0.586. The van der Waals surface area contributed by atoms with Crippen molar-refractivity contribution in [3.63, 3.8) is 0 Å². The Morgan fingerprint density at radius 2 is 0.966 bits per heavy atom. The molecule has 0 aliphatic carbocycles. The highest BCUT2D eigenvalue weighted by Crippen LogP contribution is 2.14. The number of esters is 2. The normalized spacial score (nSPS) is 10.3. The average molecular weight is 423 g/mol. The molecule has 0 aliphatic rings. The van der Waals surface area contributed by atoms with Gasteiger partial charge in [0, 0.05) is 0 Å². The first-order valence-corrected chi connectivity index (χ1v) is 11.1. The lowest BCUT2D eigenvalue weighted by atomic mass is 10.1. The molecule has 5 heteroatoms. The van der Waals surface area contributed by atoms with Crippen LogP contribution in [0.5, 0.6) is 0 Å². The van der Waals surface area contributed by atoms with Crippen molar-refractivity contribution in [2.24, 2.45) is 0 Å². The van der Waals surface area contributed by atoms with Crippen LogP contribution in [0.4, 0.5) is 0 Å². The molecule has 0 atom stereocenters. The molecule has 29 heavy (non-hydrogen) atoms. The molecule has 0 unspecified atom stereocenters. The van der Waals surface area contributed by atoms with E-state index in [4.69, 9.17) is 9.47 Å². The summed E-state index contributed by atoms with van der Waals surface area (Å²) >= 11 is 0. The number of hydrogen-bond acceptors (Lipinski definition) is 4. The van der Waals surface area contributed by atoms with Gasteiger partial charge in [-0.25, -0.2) is 9.59 Å². The molecule has 0 radical (unpaired) electrons. The lowest BCUT2D eigenvalue weighted by molar-refractivity contribution is 0.0450. The molecule has 1 rings (SSSR count).